The summed E-state index contributed by atoms with van der Waals surface area (Å²) in [7, 11) is -3.55. The molecule has 9 nitrogen and oxygen atoms in total. The van der Waals surface area contributed by atoms with Crippen molar-refractivity contribution in [2.24, 2.45) is 0 Å². The van der Waals surface area contributed by atoms with Crippen molar-refractivity contribution in [1.29, 1.82) is 0 Å². The van der Waals surface area contributed by atoms with Crippen LogP contribution in [0.25, 0.3) is 0 Å². The molecule has 0 aliphatic carbocycles. The van der Waals surface area contributed by atoms with Crippen molar-refractivity contribution >= 4 is 35.3 Å². The molecule has 1 amide bonds. The van der Waals surface area contributed by atoms with Crippen molar-refractivity contribution in [2.45, 2.75) is 58.7 Å². The van der Waals surface area contributed by atoms with E-state index >= 15 is 0 Å². The van der Waals surface area contributed by atoms with Crippen LogP contribution in [-0.2, 0) is 24.7 Å². The summed E-state index contributed by atoms with van der Waals surface area (Å²) in [4.78, 5) is 15.3. The molecule has 2 atom stereocenters. The first-order chi connectivity index (χ1) is 16.3. The van der Waals surface area contributed by atoms with Crippen molar-refractivity contribution in [3.8, 4) is 0 Å². The number of nitrogens with zero attached hydrogens (tertiary/aromatic N) is 3. The molecule has 0 unspecified atom stereocenters. The molecule has 1 aromatic heterocycles. The summed E-state index contributed by atoms with van der Waals surface area (Å²) in [6.07, 6.45) is 2.46. The minimum atomic E-state index is -3.55. The zero-order valence-electron chi connectivity index (χ0n) is 19.8. The molecular weight excluding hydrogens is 523 g/mol. The summed E-state index contributed by atoms with van der Waals surface area (Å²) in [5.41, 5.74) is 3.16. The van der Waals surface area contributed by atoms with Crippen LogP contribution in [0.4, 0.5) is 5.69 Å². The van der Waals surface area contributed by atoms with Gasteiger partial charge in [-0.05, 0) is 63.8 Å². The predicted octanol–water partition coefficient (Wildman–Crippen LogP) is 5.31. The van der Waals surface area contributed by atoms with Crippen LogP contribution in [0.3, 0.4) is 0 Å². The highest BCUT2D eigenvalue weighted by molar-refractivity contribution is 9.10. The van der Waals surface area contributed by atoms with E-state index in [1.54, 1.807) is 13.8 Å². The van der Waals surface area contributed by atoms with E-state index < -0.39 is 7.82 Å². The zero-order chi connectivity index (χ0) is 24.3. The first kappa shape index (κ1) is 25.5. The van der Waals surface area contributed by atoms with Gasteiger partial charge in [0.05, 0.1) is 31.1 Å². The zero-order valence-corrected chi connectivity index (χ0v) is 22.3. The number of phosphoric acid groups is 1. The predicted molar refractivity (Wildman–Crippen MR) is 133 cm³/mol. The SMILES string of the molecule is CCOP(=O)(OCC)O[C@@H]1CCN([C@H]2CCCn3nc(C(=O)Nc4cccc(Br)c4C)cc32)C1. The number of rotatable bonds is 9. The third kappa shape index (κ3) is 5.64. The second kappa shape index (κ2) is 11.0. The summed E-state index contributed by atoms with van der Waals surface area (Å²) in [5, 5.41) is 7.58. The van der Waals surface area contributed by atoms with Crippen molar-refractivity contribution < 1.29 is 22.9 Å². The number of aryl methyl sites for hydroxylation is 1. The Morgan fingerprint density at radius 3 is 2.74 bits per heavy atom. The summed E-state index contributed by atoms with van der Waals surface area (Å²) in [6, 6.07) is 7.74. The number of fused-ring (bicyclic) bond motifs is 1. The van der Waals surface area contributed by atoms with Crippen LogP contribution < -0.4 is 5.32 Å². The molecule has 0 spiro atoms. The van der Waals surface area contributed by atoms with Crippen LogP contribution in [0.5, 0.6) is 0 Å². The van der Waals surface area contributed by atoms with E-state index in [4.69, 9.17) is 13.6 Å². The Bertz CT molecular complexity index is 1070. The number of phosphoric ester groups is 1. The molecule has 0 saturated carbocycles. The number of carbonyl (C=O) groups is 1. The molecule has 1 saturated heterocycles. The molecule has 0 radical (unpaired) electrons. The van der Waals surface area contributed by atoms with E-state index in [0.717, 1.165) is 53.8 Å². The lowest BCUT2D eigenvalue weighted by atomic mass is 10.0. The lowest BCUT2D eigenvalue weighted by Crippen LogP contribution is -2.32. The minimum absolute atomic E-state index is 0.127. The van der Waals surface area contributed by atoms with E-state index in [2.05, 4.69) is 31.2 Å². The standard InChI is InChI=1S/C23H32BrN4O5P/c1-4-31-34(30,32-5-2)33-17-11-13-27(15-17)21-10-7-12-28-22(21)14-20(26-28)23(29)25-19-9-6-8-18(24)16(19)3/h6,8-9,14,17,21H,4-5,7,10-13,15H2,1-3H3,(H,25,29)/t17-,21+/m1/s1. The van der Waals surface area contributed by atoms with Crippen molar-refractivity contribution in [2.75, 3.05) is 31.6 Å². The summed E-state index contributed by atoms with van der Waals surface area (Å²) < 4.78 is 32.0. The number of nitrogens with one attached hydrogen (secondary N) is 1. The number of carbonyl (C=O) groups excluding carboxylic acids is 1. The van der Waals surface area contributed by atoms with Gasteiger partial charge >= 0.3 is 7.82 Å². The Hall–Kier alpha value is -1.55. The van der Waals surface area contributed by atoms with Gasteiger partial charge in [0, 0.05) is 29.8 Å². The molecule has 2 aliphatic heterocycles. The van der Waals surface area contributed by atoms with Crippen LogP contribution >= 0.6 is 23.8 Å². The fraction of sp³-hybridized carbons (Fsp3) is 0.565. The molecule has 0 bridgehead atoms. The van der Waals surface area contributed by atoms with Gasteiger partial charge in [-0.15, -0.1) is 0 Å². The Morgan fingerprint density at radius 1 is 1.24 bits per heavy atom. The molecule has 2 aromatic rings. The summed E-state index contributed by atoms with van der Waals surface area (Å²) in [6.45, 7) is 8.23. The Labute approximate surface area is 208 Å². The summed E-state index contributed by atoms with van der Waals surface area (Å²) >= 11 is 3.50. The van der Waals surface area contributed by atoms with Crippen molar-refractivity contribution in [3.63, 3.8) is 0 Å². The third-order valence-electron chi connectivity index (χ3n) is 6.22. The molecule has 3 heterocycles. The Kier molecular flexibility index (Phi) is 8.28. The number of likely N-dealkylation sites (tertiary alicyclic amines) is 1. The summed E-state index contributed by atoms with van der Waals surface area (Å²) in [5.74, 6) is -0.223. The maximum absolute atomic E-state index is 13.0. The number of anilines is 1. The number of hydrogen-bond donors (Lipinski definition) is 1. The van der Waals surface area contributed by atoms with Gasteiger partial charge in [-0.1, -0.05) is 22.0 Å². The van der Waals surface area contributed by atoms with Crippen molar-refractivity contribution in [1.82, 2.24) is 14.7 Å². The molecule has 2 aliphatic rings. The second-order valence-electron chi connectivity index (χ2n) is 8.50. The average molecular weight is 555 g/mol. The number of halogens is 1. The van der Waals surface area contributed by atoms with Gasteiger partial charge < -0.3 is 5.32 Å². The van der Waals surface area contributed by atoms with E-state index in [1.807, 2.05) is 35.9 Å². The van der Waals surface area contributed by atoms with Crippen molar-refractivity contribution in [3.05, 3.63) is 45.7 Å². The van der Waals surface area contributed by atoms with E-state index in [-0.39, 0.29) is 31.3 Å². The van der Waals surface area contributed by atoms with Gasteiger partial charge in [0.15, 0.2) is 5.69 Å². The minimum Gasteiger partial charge on any atom is -0.320 e. The lowest BCUT2D eigenvalue weighted by Gasteiger charge is -2.31. The topological polar surface area (TPSA) is 94.9 Å². The van der Waals surface area contributed by atoms with Crippen LogP contribution in [0, 0.1) is 6.92 Å². The van der Waals surface area contributed by atoms with Gasteiger partial charge in [-0.3, -0.25) is 27.9 Å². The first-order valence-corrected chi connectivity index (χ1v) is 14.0. The van der Waals surface area contributed by atoms with E-state index in [9.17, 15) is 9.36 Å². The quantitative estimate of drug-likeness (QED) is 0.419. The molecule has 186 valence electrons. The van der Waals surface area contributed by atoms with Gasteiger partial charge in [-0.25, -0.2) is 4.57 Å². The average Bonchev–Trinajstić information content (AvgIpc) is 3.44. The van der Waals surface area contributed by atoms with Gasteiger partial charge in [-0.2, -0.15) is 5.10 Å². The molecular formula is C23H32BrN4O5P. The molecule has 1 aromatic carbocycles. The number of hydrogen-bond acceptors (Lipinski definition) is 7. The maximum Gasteiger partial charge on any atom is 0.475 e. The Balaban J connectivity index is 1.45. The van der Waals surface area contributed by atoms with Crippen LogP contribution in [0.2, 0.25) is 0 Å². The second-order valence-corrected chi connectivity index (χ2v) is 11.0. The van der Waals surface area contributed by atoms with Crippen LogP contribution in [-0.4, -0.2) is 53.0 Å². The highest BCUT2D eigenvalue weighted by atomic mass is 79.9. The molecule has 4 rings (SSSR count). The number of amides is 1. The molecule has 34 heavy (non-hydrogen) atoms. The molecule has 1 fully saturated rings. The number of benzene rings is 1. The highest BCUT2D eigenvalue weighted by Gasteiger charge is 2.38. The largest absolute Gasteiger partial charge is 0.475 e. The monoisotopic (exact) mass is 554 g/mol. The lowest BCUT2D eigenvalue weighted by molar-refractivity contribution is 0.0812. The Morgan fingerprint density at radius 2 is 2.00 bits per heavy atom. The third-order valence-corrected chi connectivity index (χ3v) is 8.78. The van der Waals surface area contributed by atoms with Gasteiger partial charge in [0.1, 0.15) is 0 Å². The first-order valence-electron chi connectivity index (χ1n) is 11.8. The van der Waals surface area contributed by atoms with Crippen LogP contribution in [0.1, 0.15) is 60.9 Å². The fourth-order valence-electron chi connectivity index (χ4n) is 4.59. The van der Waals surface area contributed by atoms with Gasteiger partial charge in [0.2, 0.25) is 0 Å². The fourth-order valence-corrected chi connectivity index (χ4v) is 6.32. The van der Waals surface area contributed by atoms with Gasteiger partial charge in [0.25, 0.3) is 5.91 Å². The van der Waals surface area contributed by atoms with E-state index in [0.29, 0.717) is 12.2 Å². The van der Waals surface area contributed by atoms with E-state index in [1.165, 1.54) is 0 Å². The maximum atomic E-state index is 13.0. The smallest absolute Gasteiger partial charge is 0.320 e. The number of aromatic nitrogens is 2. The van der Waals surface area contributed by atoms with Crippen LogP contribution in [0.15, 0.2) is 28.7 Å². The highest BCUT2D eigenvalue weighted by Crippen LogP contribution is 2.51. The molecule has 11 heteroatoms. The normalized spacial score (nSPS) is 20.9. The molecule has 1 N–H and O–H groups in total.